The van der Waals surface area contributed by atoms with Gasteiger partial charge in [-0.2, -0.15) is 4.31 Å². The van der Waals surface area contributed by atoms with E-state index in [1.807, 2.05) is 19.0 Å². The highest BCUT2D eigenvalue weighted by atomic mass is 32.2. The van der Waals surface area contributed by atoms with Crippen LogP contribution in [0.25, 0.3) is 0 Å². The second kappa shape index (κ2) is 8.21. The lowest BCUT2D eigenvalue weighted by molar-refractivity contribution is 0.0951. The first-order valence-electron chi connectivity index (χ1n) is 6.84. The van der Waals surface area contributed by atoms with Gasteiger partial charge in [-0.05, 0) is 38.4 Å². The molecule has 0 fully saturated rings. The van der Waals surface area contributed by atoms with Crippen LogP contribution in [0, 0.1) is 5.82 Å². The Morgan fingerprint density at radius 2 is 1.73 bits per heavy atom. The van der Waals surface area contributed by atoms with E-state index in [-0.39, 0.29) is 19.0 Å². The number of hydrogen-bond donors (Lipinski definition) is 1. The third kappa shape index (κ3) is 6.50. The summed E-state index contributed by atoms with van der Waals surface area (Å²) in [5, 5.41) is 2.63. The largest absolute Gasteiger partial charge is 0.351 e. The number of sulfonamides is 1. The minimum absolute atomic E-state index is 0.191. The van der Waals surface area contributed by atoms with Gasteiger partial charge < -0.3 is 10.2 Å². The zero-order chi connectivity index (χ0) is 16.8. The van der Waals surface area contributed by atoms with Gasteiger partial charge in [0.15, 0.2) is 0 Å². The Bertz CT molecular complexity index is 588. The zero-order valence-electron chi connectivity index (χ0n) is 13.0. The van der Waals surface area contributed by atoms with Crippen LogP contribution in [-0.4, -0.2) is 70.1 Å². The maximum Gasteiger partial charge on any atom is 0.251 e. The maximum absolute atomic E-state index is 12.8. The highest BCUT2D eigenvalue weighted by Crippen LogP contribution is 2.02. The Balaban J connectivity index is 2.51. The number of nitrogens with zero attached hydrogens (tertiary/aromatic N) is 2. The Morgan fingerprint density at radius 3 is 2.23 bits per heavy atom. The first kappa shape index (κ1) is 18.5. The number of carbonyl (C=O) groups is 1. The van der Waals surface area contributed by atoms with Crippen molar-refractivity contribution in [3.05, 3.63) is 35.6 Å². The third-order valence-electron chi connectivity index (χ3n) is 3.02. The minimum atomic E-state index is -3.32. The predicted octanol–water partition coefficient (Wildman–Crippen LogP) is 0.379. The second-order valence-electron chi connectivity index (χ2n) is 5.23. The monoisotopic (exact) mass is 331 g/mol. The molecule has 0 unspecified atom stereocenters. The molecule has 1 N–H and O–H groups in total. The highest BCUT2D eigenvalue weighted by molar-refractivity contribution is 7.88. The van der Waals surface area contributed by atoms with Gasteiger partial charge in [0.25, 0.3) is 5.91 Å². The Hall–Kier alpha value is -1.51. The van der Waals surface area contributed by atoms with E-state index in [0.29, 0.717) is 18.7 Å². The van der Waals surface area contributed by atoms with Crippen molar-refractivity contribution in [3.8, 4) is 0 Å². The van der Waals surface area contributed by atoms with Crippen LogP contribution >= 0.6 is 0 Å². The minimum Gasteiger partial charge on any atom is -0.351 e. The molecule has 1 amide bonds. The molecular weight excluding hydrogens is 309 g/mol. The fourth-order valence-electron chi connectivity index (χ4n) is 1.75. The number of likely N-dealkylation sites (N-methyl/N-ethyl adjacent to an activating group) is 1. The number of nitrogens with one attached hydrogen (secondary N) is 1. The third-order valence-corrected chi connectivity index (χ3v) is 4.32. The SMILES string of the molecule is CN(C)CCN(CCNC(=O)c1ccc(F)cc1)S(C)(=O)=O. The van der Waals surface area contributed by atoms with Crippen molar-refractivity contribution in [2.75, 3.05) is 46.5 Å². The summed E-state index contributed by atoms with van der Waals surface area (Å²) >= 11 is 0. The van der Waals surface area contributed by atoms with Gasteiger partial charge in [-0.15, -0.1) is 0 Å². The molecule has 0 aliphatic heterocycles. The summed E-state index contributed by atoms with van der Waals surface area (Å²) in [5.41, 5.74) is 0.334. The molecule has 0 atom stereocenters. The molecule has 0 spiro atoms. The average Bonchev–Trinajstić information content (AvgIpc) is 2.41. The van der Waals surface area contributed by atoms with Crippen molar-refractivity contribution in [2.24, 2.45) is 0 Å². The molecule has 124 valence electrons. The lowest BCUT2D eigenvalue weighted by Crippen LogP contribution is -2.41. The fraction of sp³-hybridized carbons (Fsp3) is 0.500. The van der Waals surface area contributed by atoms with E-state index >= 15 is 0 Å². The van der Waals surface area contributed by atoms with E-state index in [0.717, 1.165) is 6.26 Å². The molecule has 0 aliphatic carbocycles. The molecule has 0 aliphatic rings. The number of rotatable bonds is 8. The second-order valence-corrected chi connectivity index (χ2v) is 7.21. The molecule has 1 aromatic rings. The van der Waals surface area contributed by atoms with Crippen molar-refractivity contribution in [1.82, 2.24) is 14.5 Å². The van der Waals surface area contributed by atoms with E-state index in [2.05, 4.69) is 5.32 Å². The van der Waals surface area contributed by atoms with Crippen molar-refractivity contribution >= 4 is 15.9 Å². The van der Waals surface area contributed by atoms with Crippen LogP contribution in [0.1, 0.15) is 10.4 Å². The van der Waals surface area contributed by atoms with Gasteiger partial charge in [-0.1, -0.05) is 0 Å². The van der Waals surface area contributed by atoms with E-state index in [4.69, 9.17) is 0 Å². The molecule has 1 aromatic carbocycles. The van der Waals surface area contributed by atoms with Crippen molar-refractivity contribution in [3.63, 3.8) is 0 Å². The molecule has 0 heterocycles. The van der Waals surface area contributed by atoms with Crippen LogP contribution in [0.15, 0.2) is 24.3 Å². The van der Waals surface area contributed by atoms with E-state index in [9.17, 15) is 17.6 Å². The Kier molecular flexibility index (Phi) is 6.92. The number of amides is 1. The summed E-state index contributed by atoms with van der Waals surface area (Å²) < 4.78 is 37.5. The number of hydrogen-bond acceptors (Lipinski definition) is 4. The van der Waals surface area contributed by atoms with Crippen LogP contribution in [0.2, 0.25) is 0 Å². The van der Waals surface area contributed by atoms with Crippen LogP contribution in [0.4, 0.5) is 4.39 Å². The molecule has 1 rings (SSSR count). The maximum atomic E-state index is 12.8. The lowest BCUT2D eigenvalue weighted by Gasteiger charge is -2.22. The van der Waals surface area contributed by atoms with Gasteiger partial charge in [0.2, 0.25) is 10.0 Å². The van der Waals surface area contributed by atoms with Crippen molar-refractivity contribution < 1.29 is 17.6 Å². The molecular formula is C14H22FN3O3S. The summed E-state index contributed by atoms with van der Waals surface area (Å²) in [7, 11) is 0.393. The number of carbonyl (C=O) groups excluding carboxylic acids is 1. The lowest BCUT2D eigenvalue weighted by atomic mass is 10.2. The standard InChI is InChI=1S/C14H22FN3O3S/c1-17(2)10-11-18(22(3,20)21)9-8-16-14(19)12-4-6-13(15)7-5-12/h4-7H,8-11H2,1-3H3,(H,16,19). The first-order valence-corrected chi connectivity index (χ1v) is 8.68. The average molecular weight is 331 g/mol. The molecule has 0 saturated carbocycles. The van der Waals surface area contributed by atoms with Crippen LogP contribution in [-0.2, 0) is 10.0 Å². The van der Waals surface area contributed by atoms with Crippen LogP contribution in [0.5, 0.6) is 0 Å². The summed E-state index contributed by atoms with van der Waals surface area (Å²) in [6.45, 7) is 1.34. The quantitative estimate of drug-likeness (QED) is 0.748. The van der Waals surface area contributed by atoms with Gasteiger partial charge in [0, 0.05) is 31.7 Å². The zero-order valence-corrected chi connectivity index (χ0v) is 13.9. The van der Waals surface area contributed by atoms with Gasteiger partial charge in [0.05, 0.1) is 6.26 Å². The summed E-state index contributed by atoms with van der Waals surface area (Å²) in [6.07, 6.45) is 1.14. The van der Waals surface area contributed by atoms with Crippen molar-refractivity contribution in [2.45, 2.75) is 0 Å². The van der Waals surface area contributed by atoms with Crippen LogP contribution in [0.3, 0.4) is 0 Å². The first-order chi connectivity index (χ1) is 10.2. The van der Waals surface area contributed by atoms with Crippen molar-refractivity contribution in [1.29, 1.82) is 0 Å². The van der Waals surface area contributed by atoms with Gasteiger partial charge >= 0.3 is 0 Å². The molecule has 0 saturated heterocycles. The van der Waals surface area contributed by atoms with E-state index in [1.54, 1.807) is 0 Å². The number of halogens is 1. The fourth-order valence-corrected chi connectivity index (χ4v) is 2.59. The summed E-state index contributed by atoms with van der Waals surface area (Å²) in [5.74, 6) is -0.774. The molecule has 0 bridgehead atoms. The molecule has 6 nitrogen and oxygen atoms in total. The molecule has 0 radical (unpaired) electrons. The topological polar surface area (TPSA) is 69.7 Å². The summed E-state index contributed by atoms with van der Waals surface area (Å²) in [6, 6.07) is 5.17. The van der Waals surface area contributed by atoms with E-state index in [1.165, 1.54) is 28.6 Å². The Morgan fingerprint density at radius 1 is 1.14 bits per heavy atom. The number of benzene rings is 1. The predicted molar refractivity (Wildman–Crippen MR) is 83.7 cm³/mol. The molecule has 0 aromatic heterocycles. The van der Waals surface area contributed by atoms with Gasteiger partial charge in [0.1, 0.15) is 5.82 Å². The normalized spacial score (nSPS) is 11.9. The van der Waals surface area contributed by atoms with Crippen LogP contribution < -0.4 is 5.32 Å². The van der Waals surface area contributed by atoms with E-state index < -0.39 is 15.8 Å². The highest BCUT2D eigenvalue weighted by Gasteiger charge is 2.16. The van der Waals surface area contributed by atoms with Gasteiger partial charge in [-0.3, -0.25) is 4.79 Å². The van der Waals surface area contributed by atoms with Gasteiger partial charge in [-0.25, -0.2) is 12.8 Å². The smallest absolute Gasteiger partial charge is 0.251 e. The molecule has 22 heavy (non-hydrogen) atoms. The Labute approximate surface area is 131 Å². The molecule has 8 heteroatoms. The summed E-state index contributed by atoms with van der Waals surface area (Å²) in [4.78, 5) is 13.7.